The Balaban J connectivity index is 1.62. The Morgan fingerprint density at radius 1 is 1.38 bits per heavy atom. The number of anilines is 1. The summed E-state index contributed by atoms with van der Waals surface area (Å²) in [6.07, 6.45) is 1.59. The minimum absolute atomic E-state index is 0.144. The number of aromatic nitrogens is 4. The van der Waals surface area contributed by atoms with E-state index in [-0.39, 0.29) is 11.2 Å². The predicted octanol–water partition coefficient (Wildman–Crippen LogP) is 3.09. The molecule has 1 N–H and O–H groups in total. The van der Waals surface area contributed by atoms with E-state index in [1.165, 1.54) is 11.8 Å². The molecule has 1 unspecified atom stereocenters. The lowest BCUT2D eigenvalue weighted by Gasteiger charge is -2.11. The fraction of sp³-hybridized carbons (Fsp3) is 0.200. The lowest BCUT2D eigenvalue weighted by atomic mass is 10.3. The van der Waals surface area contributed by atoms with Gasteiger partial charge in [-0.3, -0.25) is 4.79 Å². The van der Waals surface area contributed by atoms with E-state index in [0.29, 0.717) is 22.4 Å². The average Bonchev–Trinajstić information content (AvgIpc) is 3.22. The number of hydrogen-bond donors (Lipinski definition) is 1. The maximum atomic E-state index is 12.3. The summed E-state index contributed by atoms with van der Waals surface area (Å²) in [7, 11) is 0. The van der Waals surface area contributed by atoms with Gasteiger partial charge in [0.15, 0.2) is 0 Å². The van der Waals surface area contributed by atoms with E-state index >= 15 is 0 Å². The molecule has 2 aromatic heterocycles. The van der Waals surface area contributed by atoms with Crippen LogP contribution in [0.1, 0.15) is 12.7 Å². The van der Waals surface area contributed by atoms with Crippen molar-refractivity contribution in [1.82, 2.24) is 20.2 Å². The van der Waals surface area contributed by atoms with Gasteiger partial charge in [0, 0.05) is 10.7 Å². The second-order valence-corrected chi connectivity index (χ2v) is 6.70. The van der Waals surface area contributed by atoms with Crippen molar-refractivity contribution in [2.45, 2.75) is 23.9 Å². The van der Waals surface area contributed by atoms with E-state index in [2.05, 4.69) is 20.8 Å². The molecule has 0 aliphatic carbocycles. The molecular formula is C15H14ClN5O2S. The lowest BCUT2D eigenvalue weighted by molar-refractivity contribution is -0.115. The highest BCUT2D eigenvalue weighted by Gasteiger charge is 2.19. The molecule has 3 aromatic rings. The monoisotopic (exact) mass is 363 g/mol. The number of benzene rings is 1. The maximum Gasteiger partial charge on any atom is 0.237 e. The molecule has 0 saturated carbocycles. The van der Waals surface area contributed by atoms with Crippen molar-refractivity contribution in [3.63, 3.8) is 0 Å². The summed E-state index contributed by atoms with van der Waals surface area (Å²) < 4.78 is 6.88. The molecule has 1 atom stereocenters. The third-order valence-corrected chi connectivity index (χ3v) is 4.47. The number of nitrogens with one attached hydrogen (secondary N) is 1. The molecule has 0 spiro atoms. The smallest absolute Gasteiger partial charge is 0.237 e. The Bertz CT molecular complexity index is 804. The molecule has 0 aliphatic heterocycles. The largest absolute Gasteiger partial charge is 0.467 e. The van der Waals surface area contributed by atoms with Crippen LogP contribution in [0.2, 0.25) is 5.02 Å². The van der Waals surface area contributed by atoms with Crippen molar-refractivity contribution < 1.29 is 9.21 Å². The highest BCUT2D eigenvalue weighted by Crippen LogP contribution is 2.22. The second kappa shape index (κ2) is 7.50. The first-order valence-corrected chi connectivity index (χ1v) is 8.39. The molecule has 2 heterocycles. The number of hydrogen-bond acceptors (Lipinski definition) is 6. The van der Waals surface area contributed by atoms with Gasteiger partial charge in [0.1, 0.15) is 12.3 Å². The van der Waals surface area contributed by atoms with Gasteiger partial charge in [-0.1, -0.05) is 23.4 Å². The van der Waals surface area contributed by atoms with Crippen LogP contribution in [0.4, 0.5) is 5.69 Å². The first-order chi connectivity index (χ1) is 11.6. The van der Waals surface area contributed by atoms with Crippen LogP contribution in [0.3, 0.4) is 0 Å². The van der Waals surface area contributed by atoms with Crippen molar-refractivity contribution >= 4 is 35.0 Å². The molecule has 0 radical (unpaired) electrons. The van der Waals surface area contributed by atoms with Gasteiger partial charge in [0.2, 0.25) is 11.1 Å². The van der Waals surface area contributed by atoms with Crippen LogP contribution >= 0.6 is 23.4 Å². The minimum Gasteiger partial charge on any atom is -0.467 e. The van der Waals surface area contributed by atoms with Crippen LogP contribution in [0, 0.1) is 0 Å². The molecule has 1 aromatic carbocycles. The third kappa shape index (κ3) is 4.15. The summed E-state index contributed by atoms with van der Waals surface area (Å²) in [5, 5.41) is 15.2. The molecular weight excluding hydrogens is 350 g/mol. The van der Waals surface area contributed by atoms with Gasteiger partial charge in [0.25, 0.3) is 0 Å². The van der Waals surface area contributed by atoms with Crippen LogP contribution in [0.15, 0.2) is 52.2 Å². The zero-order chi connectivity index (χ0) is 16.9. The highest BCUT2D eigenvalue weighted by atomic mass is 35.5. The van der Waals surface area contributed by atoms with E-state index in [0.717, 1.165) is 5.76 Å². The summed E-state index contributed by atoms with van der Waals surface area (Å²) >= 11 is 7.11. The summed E-state index contributed by atoms with van der Waals surface area (Å²) in [5.74, 6) is 0.595. The van der Waals surface area contributed by atoms with E-state index in [1.54, 1.807) is 48.2 Å². The molecule has 7 nitrogen and oxygen atoms in total. The molecule has 3 rings (SSSR count). The molecule has 9 heteroatoms. The number of tetrazole rings is 1. The molecule has 124 valence electrons. The predicted molar refractivity (Wildman–Crippen MR) is 91.0 cm³/mol. The van der Waals surface area contributed by atoms with Crippen LogP contribution in [-0.2, 0) is 11.3 Å². The Morgan fingerprint density at radius 2 is 2.17 bits per heavy atom. The Hall–Kier alpha value is -2.32. The molecule has 0 aliphatic rings. The van der Waals surface area contributed by atoms with Crippen molar-refractivity contribution in [2.75, 3.05) is 5.32 Å². The van der Waals surface area contributed by atoms with Crippen LogP contribution in [0.25, 0.3) is 0 Å². The number of rotatable bonds is 6. The van der Waals surface area contributed by atoms with Gasteiger partial charge >= 0.3 is 0 Å². The zero-order valence-electron chi connectivity index (χ0n) is 12.7. The normalized spacial score (nSPS) is 12.1. The quantitative estimate of drug-likeness (QED) is 0.677. The Morgan fingerprint density at radius 3 is 2.88 bits per heavy atom. The van der Waals surface area contributed by atoms with Crippen LogP contribution < -0.4 is 5.32 Å². The van der Waals surface area contributed by atoms with Gasteiger partial charge in [-0.25, -0.2) is 4.68 Å². The SMILES string of the molecule is CC(Sc1nnnn1Cc1ccco1)C(=O)Nc1ccc(Cl)cc1. The number of thioether (sulfide) groups is 1. The third-order valence-electron chi connectivity index (χ3n) is 3.15. The maximum absolute atomic E-state index is 12.3. The van der Waals surface area contributed by atoms with Gasteiger partial charge in [-0.05, 0) is 53.7 Å². The fourth-order valence-electron chi connectivity index (χ4n) is 1.92. The molecule has 0 bridgehead atoms. The van der Waals surface area contributed by atoms with Gasteiger partial charge in [0.05, 0.1) is 11.5 Å². The van der Waals surface area contributed by atoms with Gasteiger partial charge in [-0.15, -0.1) is 5.10 Å². The minimum atomic E-state index is -0.373. The summed E-state index contributed by atoms with van der Waals surface area (Å²) in [6.45, 7) is 2.20. The number of furan rings is 1. The number of carbonyl (C=O) groups is 1. The van der Waals surface area contributed by atoms with Crippen LogP contribution in [0.5, 0.6) is 0 Å². The number of halogens is 1. The van der Waals surface area contributed by atoms with Crippen molar-refractivity contribution in [2.24, 2.45) is 0 Å². The first-order valence-electron chi connectivity index (χ1n) is 7.13. The van der Waals surface area contributed by atoms with E-state index in [1.807, 2.05) is 6.07 Å². The molecule has 24 heavy (non-hydrogen) atoms. The summed E-state index contributed by atoms with van der Waals surface area (Å²) in [5.41, 5.74) is 0.687. The van der Waals surface area contributed by atoms with E-state index in [9.17, 15) is 4.79 Å². The standard InChI is InChI=1S/C15H14ClN5O2S/c1-10(14(22)17-12-6-4-11(16)5-7-12)24-15-18-19-20-21(15)9-13-3-2-8-23-13/h2-8,10H,9H2,1H3,(H,17,22). The first kappa shape index (κ1) is 16.5. The molecule has 0 saturated heterocycles. The van der Waals surface area contributed by atoms with Gasteiger partial charge < -0.3 is 9.73 Å². The summed E-state index contributed by atoms with van der Waals surface area (Å²) in [4.78, 5) is 12.3. The van der Waals surface area contributed by atoms with Crippen molar-refractivity contribution in [3.05, 3.63) is 53.4 Å². The Kier molecular flexibility index (Phi) is 5.17. The molecule has 0 fully saturated rings. The number of amides is 1. The van der Waals surface area contributed by atoms with Crippen molar-refractivity contribution in [1.29, 1.82) is 0 Å². The average molecular weight is 364 g/mol. The topological polar surface area (TPSA) is 85.8 Å². The number of nitrogens with zero attached hydrogens (tertiary/aromatic N) is 4. The Labute approximate surface area is 147 Å². The van der Waals surface area contributed by atoms with E-state index < -0.39 is 0 Å². The zero-order valence-corrected chi connectivity index (χ0v) is 14.3. The lowest BCUT2D eigenvalue weighted by Crippen LogP contribution is -2.23. The highest BCUT2D eigenvalue weighted by molar-refractivity contribution is 8.00. The molecule has 1 amide bonds. The van der Waals surface area contributed by atoms with E-state index in [4.69, 9.17) is 16.0 Å². The second-order valence-electron chi connectivity index (χ2n) is 4.95. The number of carbonyl (C=O) groups excluding carboxylic acids is 1. The summed E-state index contributed by atoms with van der Waals surface area (Å²) in [6, 6.07) is 10.6. The fourth-order valence-corrected chi connectivity index (χ4v) is 2.83. The van der Waals surface area contributed by atoms with Gasteiger partial charge in [-0.2, -0.15) is 0 Å². The van der Waals surface area contributed by atoms with Crippen molar-refractivity contribution in [3.8, 4) is 0 Å². The van der Waals surface area contributed by atoms with Crippen LogP contribution in [-0.4, -0.2) is 31.4 Å².